The van der Waals surface area contributed by atoms with Crippen LogP contribution in [0.2, 0.25) is 0 Å². The van der Waals surface area contributed by atoms with Crippen LogP contribution in [0.5, 0.6) is 5.75 Å². The van der Waals surface area contributed by atoms with E-state index >= 15 is 0 Å². The Morgan fingerprint density at radius 2 is 1.96 bits per heavy atom. The summed E-state index contributed by atoms with van der Waals surface area (Å²) in [6.45, 7) is 5.26. The van der Waals surface area contributed by atoms with Gasteiger partial charge in [-0.3, -0.25) is 4.79 Å². The Labute approximate surface area is 152 Å². The van der Waals surface area contributed by atoms with Crippen LogP contribution in [0.15, 0.2) is 35.3 Å². The molecule has 26 heavy (non-hydrogen) atoms. The zero-order valence-corrected chi connectivity index (χ0v) is 15.4. The molecule has 1 aromatic carbocycles. The lowest BCUT2D eigenvalue weighted by Gasteiger charge is -2.32. The van der Waals surface area contributed by atoms with Gasteiger partial charge in [0.25, 0.3) is 5.56 Å². The van der Waals surface area contributed by atoms with Crippen molar-refractivity contribution < 1.29 is 9.53 Å². The van der Waals surface area contributed by atoms with Crippen LogP contribution in [0.3, 0.4) is 0 Å². The first-order chi connectivity index (χ1) is 12.4. The van der Waals surface area contributed by atoms with Crippen LogP contribution in [0.4, 0.5) is 10.5 Å². The minimum absolute atomic E-state index is 0.0911. The second kappa shape index (κ2) is 7.59. The Hall–Kier alpha value is -2.83. The molecule has 1 saturated heterocycles. The molecule has 2 aromatic rings. The Balaban J connectivity index is 1.56. The molecule has 0 atom stereocenters. The summed E-state index contributed by atoms with van der Waals surface area (Å²) in [6, 6.07) is 7.42. The number of aryl methyl sites for hydroxylation is 3. The highest BCUT2D eigenvalue weighted by atomic mass is 16.5. The van der Waals surface area contributed by atoms with E-state index in [4.69, 9.17) is 4.74 Å². The molecular formula is C19H24N4O3. The topological polar surface area (TPSA) is 76.5 Å². The quantitative estimate of drug-likeness (QED) is 0.917. The number of carbonyl (C=O) groups excluding carboxylic acids is 1. The second-order valence-corrected chi connectivity index (χ2v) is 6.68. The minimum Gasteiger partial charge on any atom is -0.490 e. The number of urea groups is 1. The molecule has 2 amide bonds. The van der Waals surface area contributed by atoms with Crippen molar-refractivity contribution in [3.8, 4) is 5.75 Å². The van der Waals surface area contributed by atoms with Gasteiger partial charge in [0.1, 0.15) is 17.5 Å². The zero-order valence-electron chi connectivity index (χ0n) is 15.4. The number of benzene rings is 1. The molecule has 138 valence electrons. The average Bonchev–Trinajstić information content (AvgIpc) is 2.62. The molecule has 1 N–H and O–H groups in total. The van der Waals surface area contributed by atoms with Crippen molar-refractivity contribution in [1.29, 1.82) is 0 Å². The van der Waals surface area contributed by atoms with Gasteiger partial charge in [0.15, 0.2) is 0 Å². The van der Waals surface area contributed by atoms with Crippen LogP contribution in [0.1, 0.15) is 24.0 Å². The second-order valence-electron chi connectivity index (χ2n) is 6.68. The van der Waals surface area contributed by atoms with E-state index in [1.165, 1.54) is 22.5 Å². The predicted octanol–water partition coefficient (Wildman–Crippen LogP) is 2.47. The number of anilines is 1. The third kappa shape index (κ3) is 4.04. The SMILES string of the molecule is Cc1ccc(C)c(OC2CCN(C(=O)Nc3ccnn(C)c3=O)CC2)c1. The predicted molar refractivity (Wildman–Crippen MR) is 99.6 cm³/mol. The normalized spacial score (nSPS) is 15.0. The number of ether oxygens (including phenoxy) is 1. The third-order valence-electron chi connectivity index (χ3n) is 4.61. The molecule has 0 radical (unpaired) electrons. The molecule has 0 spiro atoms. The summed E-state index contributed by atoms with van der Waals surface area (Å²) in [4.78, 5) is 26.1. The molecule has 7 nitrogen and oxygen atoms in total. The summed E-state index contributed by atoms with van der Waals surface area (Å²) in [5.41, 5.74) is 2.20. The molecule has 2 heterocycles. The van der Waals surface area contributed by atoms with Gasteiger partial charge in [-0.15, -0.1) is 0 Å². The van der Waals surface area contributed by atoms with Crippen LogP contribution >= 0.6 is 0 Å². The van der Waals surface area contributed by atoms with Crippen molar-refractivity contribution in [2.45, 2.75) is 32.8 Å². The first-order valence-corrected chi connectivity index (χ1v) is 8.76. The van der Waals surface area contributed by atoms with E-state index in [2.05, 4.69) is 22.5 Å². The van der Waals surface area contributed by atoms with Crippen molar-refractivity contribution in [2.24, 2.45) is 7.05 Å². The smallest absolute Gasteiger partial charge is 0.321 e. The summed E-state index contributed by atoms with van der Waals surface area (Å²) in [5, 5.41) is 6.52. The lowest BCUT2D eigenvalue weighted by atomic mass is 10.1. The largest absolute Gasteiger partial charge is 0.490 e. The van der Waals surface area contributed by atoms with Crippen LogP contribution in [-0.2, 0) is 7.05 Å². The van der Waals surface area contributed by atoms with E-state index in [-0.39, 0.29) is 23.4 Å². The molecule has 1 aromatic heterocycles. The molecule has 0 aliphatic carbocycles. The lowest BCUT2D eigenvalue weighted by molar-refractivity contribution is 0.115. The lowest BCUT2D eigenvalue weighted by Crippen LogP contribution is -2.44. The maximum atomic E-state index is 12.4. The van der Waals surface area contributed by atoms with Crippen molar-refractivity contribution in [1.82, 2.24) is 14.7 Å². The Kier molecular flexibility index (Phi) is 5.25. The molecule has 1 aliphatic heterocycles. The van der Waals surface area contributed by atoms with Crippen LogP contribution in [0, 0.1) is 13.8 Å². The number of hydrogen-bond donors (Lipinski definition) is 1. The van der Waals surface area contributed by atoms with Gasteiger partial charge >= 0.3 is 6.03 Å². The number of hydrogen-bond acceptors (Lipinski definition) is 4. The molecule has 3 rings (SSSR count). The van der Waals surface area contributed by atoms with Gasteiger partial charge in [-0.05, 0) is 37.1 Å². The van der Waals surface area contributed by atoms with Crippen LogP contribution < -0.4 is 15.6 Å². The van der Waals surface area contributed by atoms with Gasteiger partial charge in [0.05, 0.1) is 0 Å². The molecule has 0 bridgehead atoms. The summed E-state index contributed by atoms with van der Waals surface area (Å²) < 4.78 is 7.32. The highest BCUT2D eigenvalue weighted by molar-refractivity contribution is 5.89. The average molecular weight is 356 g/mol. The zero-order chi connectivity index (χ0) is 18.7. The minimum atomic E-state index is -0.325. The third-order valence-corrected chi connectivity index (χ3v) is 4.61. The highest BCUT2D eigenvalue weighted by Crippen LogP contribution is 2.24. The summed E-state index contributed by atoms with van der Waals surface area (Å²) >= 11 is 0. The maximum absolute atomic E-state index is 12.4. The summed E-state index contributed by atoms with van der Waals surface area (Å²) in [5.74, 6) is 0.910. The number of piperidine rings is 1. The number of aromatic nitrogens is 2. The number of likely N-dealkylation sites (tertiary alicyclic amines) is 1. The summed E-state index contributed by atoms with van der Waals surface area (Å²) in [7, 11) is 1.55. The molecule has 0 unspecified atom stereocenters. The van der Waals surface area contributed by atoms with Crippen molar-refractivity contribution in [3.05, 3.63) is 51.9 Å². The number of carbonyl (C=O) groups is 1. The van der Waals surface area contributed by atoms with E-state index < -0.39 is 0 Å². The highest BCUT2D eigenvalue weighted by Gasteiger charge is 2.24. The molecule has 0 saturated carbocycles. The number of nitrogens with zero attached hydrogens (tertiary/aromatic N) is 3. The number of rotatable bonds is 3. The Morgan fingerprint density at radius 1 is 1.23 bits per heavy atom. The molecule has 7 heteroatoms. The number of amides is 2. The Bertz CT molecular complexity index is 854. The summed E-state index contributed by atoms with van der Waals surface area (Å²) in [6.07, 6.45) is 3.10. The van der Waals surface area contributed by atoms with Gasteiger partial charge < -0.3 is 15.0 Å². The fourth-order valence-corrected chi connectivity index (χ4v) is 2.99. The fourth-order valence-electron chi connectivity index (χ4n) is 2.99. The Morgan fingerprint density at radius 3 is 2.69 bits per heavy atom. The van der Waals surface area contributed by atoms with E-state index in [0.717, 1.165) is 24.2 Å². The van der Waals surface area contributed by atoms with Crippen molar-refractivity contribution in [3.63, 3.8) is 0 Å². The standard InChI is InChI=1S/C19H24N4O3/c1-13-4-5-14(2)17(12-13)26-15-7-10-23(11-8-15)19(25)21-16-6-9-20-22(3)18(16)24/h4-6,9,12,15H,7-8,10-11H2,1-3H3,(H,21,25). The first-order valence-electron chi connectivity index (χ1n) is 8.76. The van der Waals surface area contributed by atoms with Crippen LogP contribution in [-0.4, -0.2) is 39.9 Å². The number of nitrogens with one attached hydrogen (secondary N) is 1. The van der Waals surface area contributed by atoms with Crippen molar-refractivity contribution in [2.75, 3.05) is 18.4 Å². The maximum Gasteiger partial charge on any atom is 0.321 e. The van der Waals surface area contributed by atoms with Crippen molar-refractivity contribution >= 4 is 11.7 Å². The monoisotopic (exact) mass is 356 g/mol. The van der Waals surface area contributed by atoms with Gasteiger partial charge in [-0.1, -0.05) is 12.1 Å². The van der Waals surface area contributed by atoms with Gasteiger partial charge in [0, 0.05) is 39.2 Å². The van der Waals surface area contributed by atoms with Gasteiger partial charge in [0.2, 0.25) is 0 Å². The van der Waals surface area contributed by atoms with Gasteiger partial charge in [-0.25, -0.2) is 9.48 Å². The van der Waals surface area contributed by atoms with Crippen LogP contribution in [0.25, 0.3) is 0 Å². The molecule has 1 fully saturated rings. The molecule has 1 aliphatic rings. The van der Waals surface area contributed by atoms with E-state index in [0.29, 0.717) is 13.1 Å². The van der Waals surface area contributed by atoms with E-state index in [9.17, 15) is 9.59 Å². The van der Waals surface area contributed by atoms with E-state index in [1.54, 1.807) is 11.9 Å². The van der Waals surface area contributed by atoms with Gasteiger partial charge in [-0.2, -0.15) is 5.10 Å². The fraction of sp³-hybridized carbons (Fsp3) is 0.421. The molecular weight excluding hydrogens is 332 g/mol. The van der Waals surface area contributed by atoms with E-state index in [1.807, 2.05) is 19.9 Å². The first kappa shape index (κ1) is 18.0.